The Morgan fingerprint density at radius 1 is 1.00 bits per heavy atom. The summed E-state index contributed by atoms with van der Waals surface area (Å²) in [5, 5.41) is 3.78. The maximum absolute atomic E-state index is 12.7. The van der Waals surface area contributed by atoms with Crippen LogP contribution >= 0.6 is 11.6 Å². The summed E-state index contributed by atoms with van der Waals surface area (Å²) in [6.07, 6.45) is 5.41. The molecular weight excluding hydrogens is 414 g/mol. The van der Waals surface area contributed by atoms with Gasteiger partial charge in [0.05, 0.1) is 6.42 Å². The lowest BCUT2D eigenvalue weighted by molar-refractivity contribution is -0.115. The maximum Gasteiger partial charge on any atom is 0.228 e. The Morgan fingerprint density at radius 2 is 1.72 bits per heavy atom. The second-order valence-corrected chi connectivity index (χ2v) is 10.4. The average molecular weight is 446 g/mol. The molecule has 1 saturated carbocycles. The molecule has 1 aliphatic rings. The van der Waals surface area contributed by atoms with Crippen LogP contribution in [0.3, 0.4) is 0 Å². The minimum Gasteiger partial charge on any atom is -0.326 e. The number of nitrogens with one attached hydrogen (secondary N) is 1. The summed E-state index contributed by atoms with van der Waals surface area (Å²) in [7, 11) is 0. The zero-order chi connectivity index (χ0) is 22.7. The summed E-state index contributed by atoms with van der Waals surface area (Å²) in [6.45, 7) is 6.79. The average Bonchev–Trinajstić information content (AvgIpc) is 2.75. The van der Waals surface area contributed by atoms with E-state index in [2.05, 4.69) is 50.4 Å². The van der Waals surface area contributed by atoms with Crippen molar-refractivity contribution in [2.45, 2.75) is 58.8 Å². The lowest BCUT2D eigenvalue weighted by Crippen LogP contribution is -2.20. The summed E-state index contributed by atoms with van der Waals surface area (Å²) in [5.74, 6) is 0.636. The van der Waals surface area contributed by atoms with Crippen molar-refractivity contribution in [2.75, 3.05) is 5.32 Å². The van der Waals surface area contributed by atoms with Crippen molar-refractivity contribution in [1.29, 1.82) is 0 Å². The third-order valence-corrected chi connectivity index (χ3v) is 7.03. The Bertz CT molecular complexity index is 1090. The van der Waals surface area contributed by atoms with Crippen molar-refractivity contribution < 1.29 is 4.79 Å². The quantitative estimate of drug-likeness (QED) is 0.421. The fraction of sp³-hybridized carbons (Fsp3) is 0.345. The highest BCUT2D eigenvalue weighted by Crippen LogP contribution is 2.42. The van der Waals surface area contributed by atoms with Crippen molar-refractivity contribution >= 4 is 23.2 Å². The van der Waals surface area contributed by atoms with Gasteiger partial charge in [-0.2, -0.15) is 0 Å². The fourth-order valence-electron chi connectivity index (χ4n) is 4.76. The number of hydrogen-bond acceptors (Lipinski definition) is 1. The predicted octanol–water partition coefficient (Wildman–Crippen LogP) is 8.18. The van der Waals surface area contributed by atoms with Gasteiger partial charge in [-0.05, 0) is 96.0 Å². The highest BCUT2D eigenvalue weighted by molar-refractivity contribution is 6.30. The molecule has 0 unspecified atom stereocenters. The summed E-state index contributed by atoms with van der Waals surface area (Å²) >= 11 is 6.07. The predicted molar refractivity (Wildman–Crippen MR) is 135 cm³/mol. The topological polar surface area (TPSA) is 29.1 Å². The zero-order valence-electron chi connectivity index (χ0n) is 19.2. The molecule has 3 heteroatoms. The molecule has 0 bridgehead atoms. The number of benzene rings is 3. The standard InChI is InChI=1S/C29H32ClNO/c1-20-17-25(30)9-12-27(20)23-7-10-26(11-8-23)31-28(32)19-21-5-4-6-24(18-21)22-13-15-29(2,3)16-14-22/h4-12,17-18,22H,13-16,19H2,1-3H3,(H,31,32). The van der Waals surface area contributed by atoms with Crippen LogP contribution < -0.4 is 5.32 Å². The van der Waals surface area contributed by atoms with Crippen LogP contribution in [-0.4, -0.2) is 5.91 Å². The first-order valence-corrected chi connectivity index (χ1v) is 11.9. The minimum atomic E-state index is 0.0161. The van der Waals surface area contributed by atoms with E-state index in [1.165, 1.54) is 31.2 Å². The molecule has 0 saturated heterocycles. The van der Waals surface area contributed by atoms with Crippen LogP contribution in [0.4, 0.5) is 5.69 Å². The Balaban J connectivity index is 1.38. The van der Waals surface area contributed by atoms with E-state index in [-0.39, 0.29) is 5.91 Å². The van der Waals surface area contributed by atoms with E-state index in [1.807, 2.05) is 42.5 Å². The van der Waals surface area contributed by atoms with E-state index in [0.29, 0.717) is 17.8 Å². The Morgan fingerprint density at radius 3 is 2.41 bits per heavy atom. The lowest BCUT2D eigenvalue weighted by Gasteiger charge is -2.34. The van der Waals surface area contributed by atoms with Crippen molar-refractivity contribution in [3.05, 3.63) is 88.4 Å². The van der Waals surface area contributed by atoms with Gasteiger partial charge in [0.2, 0.25) is 5.91 Å². The Labute approximate surface area is 197 Å². The van der Waals surface area contributed by atoms with Gasteiger partial charge in [0, 0.05) is 10.7 Å². The largest absolute Gasteiger partial charge is 0.326 e. The third-order valence-electron chi connectivity index (χ3n) is 6.79. The van der Waals surface area contributed by atoms with Crippen LogP contribution in [0, 0.1) is 12.3 Å². The molecule has 1 aliphatic carbocycles. The van der Waals surface area contributed by atoms with Crippen LogP contribution in [0.5, 0.6) is 0 Å². The van der Waals surface area contributed by atoms with E-state index in [0.717, 1.165) is 33.0 Å². The van der Waals surface area contributed by atoms with Crippen LogP contribution in [-0.2, 0) is 11.2 Å². The minimum absolute atomic E-state index is 0.0161. The maximum atomic E-state index is 12.7. The SMILES string of the molecule is Cc1cc(Cl)ccc1-c1ccc(NC(=O)Cc2cccc(C3CCC(C)(C)CC3)c2)cc1. The first-order chi connectivity index (χ1) is 15.3. The molecule has 0 radical (unpaired) electrons. The van der Waals surface area contributed by atoms with Gasteiger partial charge in [0.1, 0.15) is 0 Å². The molecule has 0 heterocycles. The van der Waals surface area contributed by atoms with E-state index < -0.39 is 0 Å². The smallest absolute Gasteiger partial charge is 0.228 e. The molecule has 1 fully saturated rings. The van der Waals surface area contributed by atoms with Crippen LogP contribution in [0.1, 0.15) is 62.1 Å². The first kappa shape index (κ1) is 22.6. The molecule has 32 heavy (non-hydrogen) atoms. The number of carbonyl (C=O) groups is 1. The number of halogens is 1. The van der Waals surface area contributed by atoms with Crippen molar-refractivity contribution in [3.63, 3.8) is 0 Å². The lowest BCUT2D eigenvalue weighted by atomic mass is 9.71. The number of rotatable bonds is 5. The van der Waals surface area contributed by atoms with Gasteiger partial charge in [0.15, 0.2) is 0 Å². The highest BCUT2D eigenvalue weighted by atomic mass is 35.5. The summed E-state index contributed by atoms with van der Waals surface area (Å²) in [5.41, 5.74) is 7.14. The van der Waals surface area contributed by atoms with E-state index in [1.54, 1.807) is 0 Å². The Hall–Kier alpha value is -2.58. The molecule has 3 aromatic rings. The molecule has 0 aromatic heterocycles. The second-order valence-electron chi connectivity index (χ2n) is 9.95. The van der Waals surface area contributed by atoms with Gasteiger partial charge in [-0.1, -0.05) is 67.9 Å². The van der Waals surface area contributed by atoms with Crippen LogP contribution in [0.2, 0.25) is 5.02 Å². The summed E-state index contributed by atoms with van der Waals surface area (Å²) < 4.78 is 0. The van der Waals surface area contributed by atoms with Gasteiger partial charge in [-0.3, -0.25) is 4.79 Å². The molecule has 166 valence electrons. The number of carbonyl (C=O) groups excluding carboxylic acids is 1. The van der Waals surface area contributed by atoms with Crippen molar-refractivity contribution in [2.24, 2.45) is 5.41 Å². The van der Waals surface area contributed by atoms with Gasteiger partial charge in [-0.15, -0.1) is 0 Å². The van der Waals surface area contributed by atoms with Gasteiger partial charge in [-0.25, -0.2) is 0 Å². The van der Waals surface area contributed by atoms with Gasteiger partial charge >= 0.3 is 0 Å². The normalized spacial score (nSPS) is 16.0. The summed E-state index contributed by atoms with van der Waals surface area (Å²) in [6, 6.07) is 22.5. The molecular formula is C29H32ClNO. The monoisotopic (exact) mass is 445 g/mol. The molecule has 2 nitrogen and oxygen atoms in total. The van der Waals surface area contributed by atoms with Crippen LogP contribution in [0.25, 0.3) is 11.1 Å². The number of hydrogen-bond donors (Lipinski definition) is 1. The van der Waals surface area contributed by atoms with Gasteiger partial charge in [0.25, 0.3) is 0 Å². The molecule has 0 aliphatic heterocycles. The highest BCUT2D eigenvalue weighted by Gasteiger charge is 2.27. The van der Waals surface area contributed by atoms with Crippen molar-refractivity contribution in [3.8, 4) is 11.1 Å². The van der Waals surface area contributed by atoms with Gasteiger partial charge < -0.3 is 5.32 Å². The number of aryl methyl sites for hydroxylation is 1. The molecule has 1 amide bonds. The molecule has 3 aromatic carbocycles. The number of amides is 1. The number of anilines is 1. The molecule has 0 atom stereocenters. The van der Waals surface area contributed by atoms with E-state index >= 15 is 0 Å². The summed E-state index contributed by atoms with van der Waals surface area (Å²) in [4.78, 5) is 12.7. The third kappa shape index (κ3) is 5.61. The van der Waals surface area contributed by atoms with E-state index in [4.69, 9.17) is 11.6 Å². The molecule has 1 N–H and O–H groups in total. The first-order valence-electron chi connectivity index (χ1n) is 11.5. The second kappa shape index (κ2) is 9.50. The molecule has 0 spiro atoms. The zero-order valence-corrected chi connectivity index (χ0v) is 20.0. The fourth-order valence-corrected chi connectivity index (χ4v) is 4.99. The van der Waals surface area contributed by atoms with E-state index in [9.17, 15) is 4.79 Å². The Kier molecular flexibility index (Phi) is 6.71. The van der Waals surface area contributed by atoms with Crippen LogP contribution in [0.15, 0.2) is 66.7 Å². The van der Waals surface area contributed by atoms with Crippen molar-refractivity contribution in [1.82, 2.24) is 0 Å². The molecule has 4 rings (SSSR count).